The first kappa shape index (κ1) is 43.1. The molecule has 11 aromatic carbocycles. The van der Waals surface area contributed by atoms with Crippen LogP contribution in [0.2, 0.25) is 0 Å². The van der Waals surface area contributed by atoms with E-state index >= 15 is 0 Å². The average molecular weight is 943 g/mol. The number of rotatable bonds is 9. The van der Waals surface area contributed by atoms with Gasteiger partial charge in [0.05, 0.1) is 5.41 Å². The lowest BCUT2D eigenvalue weighted by Crippen LogP contribution is -2.26. The van der Waals surface area contributed by atoms with Gasteiger partial charge in [0.25, 0.3) is 0 Å². The summed E-state index contributed by atoms with van der Waals surface area (Å²) in [5, 5.41) is 0. The number of aromatic nitrogens is 3. The van der Waals surface area contributed by atoms with Gasteiger partial charge >= 0.3 is 0 Å². The zero-order chi connectivity index (χ0) is 49.0. The van der Waals surface area contributed by atoms with E-state index in [0.29, 0.717) is 17.5 Å². The van der Waals surface area contributed by atoms with Gasteiger partial charge in [-0.25, -0.2) is 15.0 Å². The van der Waals surface area contributed by atoms with Crippen molar-refractivity contribution < 1.29 is 0 Å². The highest BCUT2D eigenvalue weighted by Crippen LogP contribution is 2.64. The highest BCUT2D eigenvalue weighted by Gasteiger charge is 2.52. The second kappa shape index (κ2) is 17.8. The predicted molar refractivity (Wildman–Crippen MR) is 303 cm³/mol. The molecule has 4 heteroatoms. The van der Waals surface area contributed by atoms with Crippen LogP contribution in [0.15, 0.2) is 279 Å². The van der Waals surface area contributed by atoms with E-state index in [9.17, 15) is 0 Å². The molecule has 0 aliphatic heterocycles. The number of hydrogen-bond acceptors (Lipinski definition) is 4. The molecule has 1 atom stereocenters. The third-order valence-electron chi connectivity index (χ3n) is 14.9. The van der Waals surface area contributed by atoms with E-state index in [4.69, 9.17) is 15.0 Å². The van der Waals surface area contributed by atoms with Gasteiger partial charge in [-0.15, -0.1) is 0 Å². The summed E-state index contributed by atoms with van der Waals surface area (Å²) in [5.41, 5.74) is 22.1. The highest BCUT2D eigenvalue weighted by molar-refractivity contribution is 5.97. The van der Waals surface area contributed by atoms with Crippen LogP contribution in [0.5, 0.6) is 0 Å². The molecule has 1 aromatic heterocycles. The minimum Gasteiger partial charge on any atom is -0.310 e. The van der Waals surface area contributed by atoms with Crippen molar-refractivity contribution in [3.05, 3.63) is 301 Å². The summed E-state index contributed by atoms with van der Waals surface area (Å²) in [6.45, 7) is 0. The Morgan fingerprint density at radius 2 is 0.568 bits per heavy atom. The summed E-state index contributed by atoms with van der Waals surface area (Å²) < 4.78 is 0. The molecule has 12 aromatic rings. The van der Waals surface area contributed by atoms with Crippen molar-refractivity contribution in [2.75, 3.05) is 4.90 Å². The van der Waals surface area contributed by atoms with Crippen LogP contribution in [0.3, 0.4) is 0 Å². The maximum atomic E-state index is 5.24. The smallest absolute Gasteiger partial charge is 0.164 e. The van der Waals surface area contributed by atoms with E-state index < -0.39 is 5.41 Å². The lowest BCUT2D eigenvalue weighted by molar-refractivity contribution is 0.793. The van der Waals surface area contributed by atoms with E-state index in [-0.39, 0.29) is 0 Å². The topological polar surface area (TPSA) is 41.9 Å². The van der Waals surface area contributed by atoms with Crippen molar-refractivity contribution >= 4 is 17.1 Å². The summed E-state index contributed by atoms with van der Waals surface area (Å²) >= 11 is 0. The van der Waals surface area contributed by atoms with Crippen molar-refractivity contribution in [2.24, 2.45) is 0 Å². The van der Waals surface area contributed by atoms with E-state index in [0.717, 1.165) is 56.0 Å². The summed E-state index contributed by atoms with van der Waals surface area (Å²) in [5.74, 6) is 1.90. The average Bonchev–Trinajstić information content (AvgIpc) is 3.97. The van der Waals surface area contributed by atoms with Gasteiger partial charge in [0.2, 0.25) is 0 Å². The lowest BCUT2D eigenvalue weighted by Gasteiger charge is -2.32. The maximum Gasteiger partial charge on any atom is 0.164 e. The van der Waals surface area contributed by atoms with Crippen molar-refractivity contribution in [2.45, 2.75) is 5.41 Å². The minimum absolute atomic E-state index is 0.629. The molecule has 1 spiro atoms. The van der Waals surface area contributed by atoms with Crippen LogP contribution in [0.25, 0.3) is 89.8 Å². The zero-order valence-corrected chi connectivity index (χ0v) is 40.3. The molecule has 0 N–H and O–H groups in total. The molecule has 4 nitrogen and oxygen atoms in total. The second-order valence-corrected chi connectivity index (χ2v) is 19.1. The molecule has 0 saturated heterocycles. The molecular formula is C70H46N4. The Morgan fingerprint density at radius 1 is 0.216 bits per heavy atom. The van der Waals surface area contributed by atoms with Crippen molar-refractivity contribution in [1.29, 1.82) is 0 Å². The molecule has 1 heterocycles. The first-order valence-corrected chi connectivity index (χ1v) is 25.3. The van der Waals surface area contributed by atoms with Crippen LogP contribution in [-0.4, -0.2) is 15.0 Å². The van der Waals surface area contributed by atoms with Crippen LogP contribution >= 0.6 is 0 Å². The lowest BCUT2D eigenvalue weighted by atomic mass is 9.70. The first-order valence-electron chi connectivity index (χ1n) is 25.3. The standard InChI is InChI=1S/C70H46N4/c1-6-20-47(21-7-1)50-34-37-56(38-35-50)74(58-43-54(48-22-8-2-9-23-48)42-55(44-58)49-24-10-3-11-25-49)57-39-41-62-60-31-17-19-33-64(60)70(66(62)46-57)63-32-18-16-30-59(63)61-40-36-53(45-65(61)70)69-72-67(51-26-12-4-13-27-51)71-68(73-69)52-28-14-5-15-29-52/h1-46H. The molecule has 0 amide bonds. The molecule has 2 aliphatic rings. The number of benzene rings is 11. The van der Waals surface area contributed by atoms with Crippen LogP contribution in [0.4, 0.5) is 17.1 Å². The molecular weight excluding hydrogens is 897 g/mol. The van der Waals surface area contributed by atoms with Gasteiger partial charge in [-0.3, -0.25) is 0 Å². The monoisotopic (exact) mass is 942 g/mol. The normalized spacial score (nSPS) is 13.7. The van der Waals surface area contributed by atoms with Gasteiger partial charge in [-0.05, 0) is 126 Å². The second-order valence-electron chi connectivity index (χ2n) is 19.1. The van der Waals surface area contributed by atoms with E-state index in [2.05, 4.69) is 248 Å². The van der Waals surface area contributed by atoms with Crippen LogP contribution < -0.4 is 4.90 Å². The van der Waals surface area contributed by atoms with Crippen molar-refractivity contribution in [3.8, 4) is 89.8 Å². The van der Waals surface area contributed by atoms with E-state index in [1.807, 2.05) is 36.4 Å². The fourth-order valence-corrected chi connectivity index (χ4v) is 11.6. The van der Waals surface area contributed by atoms with Gasteiger partial charge in [-0.1, -0.05) is 231 Å². The van der Waals surface area contributed by atoms with E-state index in [1.165, 1.54) is 55.6 Å². The fraction of sp³-hybridized carbons (Fsp3) is 0.0143. The van der Waals surface area contributed by atoms with Gasteiger partial charge in [0.1, 0.15) is 0 Å². The number of anilines is 3. The van der Waals surface area contributed by atoms with Crippen molar-refractivity contribution in [1.82, 2.24) is 15.0 Å². The number of hydrogen-bond donors (Lipinski definition) is 0. The largest absolute Gasteiger partial charge is 0.310 e. The first-order chi connectivity index (χ1) is 36.7. The van der Waals surface area contributed by atoms with Crippen LogP contribution in [0.1, 0.15) is 22.3 Å². The summed E-state index contributed by atoms with van der Waals surface area (Å²) in [7, 11) is 0. The molecule has 0 bridgehead atoms. The van der Waals surface area contributed by atoms with Crippen LogP contribution in [-0.2, 0) is 5.41 Å². The fourth-order valence-electron chi connectivity index (χ4n) is 11.6. The Bertz CT molecular complexity index is 3920. The minimum atomic E-state index is -0.661. The van der Waals surface area contributed by atoms with Gasteiger partial charge in [-0.2, -0.15) is 0 Å². The quantitative estimate of drug-likeness (QED) is 0.145. The third kappa shape index (κ3) is 7.18. The Kier molecular flexibility index (Phi) is 10.4. The summed E-state index contributed by atoms with van der Waals surface area (Å²) in [6.07, 6.45) is 0. The van der Waals surface area contributed by atoms with Gasteiger partial charge in [0.15, 0.2) is 17.5 Å². The number of nitrogens with zero attached hydrogens (tertiary/aromatic N) is 4. The number of fused-ring (bicyclic) bond motifs is 10. The molecule has 0 radical (unpaired) electrons. The Balaban J connectivity index is 1.00. The molecule has 0 fully saturated rings. The Labute approximate surface area is 431 Å². The maximum absolute atomic E-state index is 5.24. The SMILES string of the molecule is c1ccc(-c2ccc(N(c3cc(-c4ccccc4)cc(-c4ccccc4)c3)c3ccc4c(c3)C3(c5ccccc5-c5ccc(-c6nc(-c7ccccc7)nc(-c7ccccc7)n6)cc53)c3ccccc3-4)cc2)cc1. The Hall–Kier alpha value is -9.77. The Morgan fingerprint density at radius 3 is 1.07 bits per heavy atom. The molecule has 14 rings (SSSR count). The van der Waals surface area contributed by atoms with Crippen molar-refractivity contribution in [3.63, 3.8) is 0 Å². The summed E-state index contributed by atoms with van der Waals surface area (Å²) in [6, 6.07) is 101. The molecule has 346 valence electrons. The van der Waals surface area contributed by atoms with Crippen LogP contribution in [0, 0.1) is 0 Å². The molecule has 1 unspecified atom stereocenters. The predicted octanol–water partition coefficient (Wildman–Crippen LogP) is 17.7. The molecule has 0 saturated carbocycles. The third-order valence-corrected chi connectivity index (χ3v) is 14.9. The van der Waals surface area contributed by atoms with Gasteiger partial charge < -0.3 is 4.90 Å². The summed E-state index contributed by atoms with van der Waals surface area (Å²) in [4.78, 5) is 18.0. The van der Waals surface area contributed by atoms with Gasteiger partial charge in [0, 0.05) is 33.8 Å². The molecule has 74 heavy (non-hydrogen) atoms. The highest BCUT2D eigenvalue weighted by atomic mass is 15.1. The molecule has 2 aliphatic carbocycles. The van der Waals surface area contributed by atoms with E-state index in [1.54, 1.807) is 0 Å². The zero-order valence-electron chi connectivity index (χ0n) is 40.3.